The minimum Gasteiger partial charge on any atom is -0.343 e. The average molecular weight is 499 g/mol. The zero-order valence-electron chi connectivity index (χ0n) is 23.2. The molecule has 0 radical (unpaired) electrons. The molecule has 200 valence electrons. The summed E-state index contributed by atoms with van der Waals surface area (Å²) in [5, 5.41) is 5.76. The first-order valence-corrected chi connectivity index (χ1v) is 13.1. The fourth-order valence-electron chi connectivity index (χ4n) is 4.71. The summed E-state index contributed by atoms with van der Waals surface area (Å²) in [7, 11) is 0. The van der Waals surface area contributed by atoms with Gasteiger partial charge in [-0.15, -0.1) is 0 Å². The number of likely N-dealkylation sites (tertiary alicyclic amines) is 1. The van der Waals surface area contributed by atoms with E-state index < -0.39 is 12.1 Å². The normalized spacial score (nSPS) is 18.5. The molecule has 2 rings (SSSR count). The molecule has 4 N–H and O–H groups in total. The summed E-state index contributed by atoms with van der Waals surface area (Å²) in [6.07, 6.45) is 3.14. The fourth-order valence-corrected chi connectivity index (χ4v) is 4.71. The molecule has 1 aliphatic heterocycles. The first kappa shape index (κ1) is 29.6. The Labute approximate surface area is 217 Å². The quantitative estimate of drug-likeness (QED) is 0.419. The van der Waals surface area contributed by atoms with Gasteiger partial charge in [0.15, 0.2) is 0 Å². The van der Waals surface area contributed by atoms with Crippen LogP contribution in [0.5, 0.6) is 0 Å². The van der Waals surface area contributed by atoms with Crippen molar-refractivity contribution < 1.29 is 14.4 Å². The number of carbonyl (C=O) groups excluding carboxylic acids is 3. The van der Waals surface area contributed by atoms with Crippen molar-refractivity contribution in [3.8, 4) is 0 Å². The summed E-state index contributed by atoms with van der Waals surface area (Å²) < 4.78 is 0. The summed E-state index contributed by atoms with van der Waals surface area (Å²) in [4.78, 5) is 40.0. The van der Waals surface area contributed by atoms with Crippen LogP contribution in [0.4, 0.5) is 5.69 Å². The number of anilines is 1. The van der Waals surface area contributed by atoms with Crippen molar-refractivity contribution in [1.29, 1.82) is 0 Å². The lowest BCUT2D eigenvalue weighted by molar-refractivity contribution is -0.136. The molecule has 0 spiro atoms. The standard InChI is InChI=1S/C29H46N4O3/c1-18(2)24(27(35)32-23-13-11-22(12-14-23)17-29(6,7)8)16-19(3)25-10-9-15-33(25)28(36)21(5)31-26(34)20(4)30/h11-14,18,20-21,24-25H,3,9-10,15-17,30H2,1-2,4-8H3,(H,31,34)(H,32,35)/t20-,21+,24?,25+/m1/s1. The van der Waals surface area contributed by atoms with E-state index in [-0.39, 0.29) is 41.0 Å². The second kappa shape index (κ2) is 12.5. The highest BCUT2D eigenvalue weighted by atomic mass is 16.2. The summed E-state index contributed by atoms with van der Waals surface area (Å²) in [6.45, 7) is 18.9. The maximum absolute atomic E-state index is 13.2. The van der Waals surface area contributed by atoms with Crippen LogP contribution in [0.1, 0.15) is 73.3 Å². The summed E-state index contributed by atoms with van der Waals surface area (Å²) >= 11 is 0. The van der Waals surface area contributed by atoms with Crippen LogP contribution in [0.25, 0.3) is 0 Å². The largest absolute Gasteiger partial charge is 0.343 e. The topological polar surface area (TPSA) is 105 Å². The highest BCUT2D eigenvalue weighted by molar-refractivity contribution is 5.93. The number of rotatable bonds is 10. The molecule has 3 amide bonds. The predicted molar refractivity (Wildman–Crippen MR) is 146 cm³/mol. The van der Waals surface area contributed by atoms with Gasteiger partial charge in [0.1, 0.15) is 6.04 Å². The number of amides is 3. The van der Waals surface area contributed by atoms with E-state index in [0.717, 1.165) is 30.5 Å². The van der Waals surface area contributed by atoms with Gasteiger partial charge in [0.25, 0.3) is 0 Å². The van der Waals surface area contributed by atoms with Gasteiger partial charge in [0.2, 0.25) is 17.7 Å². The van der Waals surface area contributed by atoms with Crippen LogP contribution < -0.4 is 16.4 Å². The molecule has 1 aromatic carbocycles. The lowest BCUT2D eigenvalue weighted by Gasteiger charge is -2.31. The second-order valence-corrected chi connectivity index (χ2v) is 11.8. The van der Waals surface area contributed by atoms with Crippen molar-refractivity contribution in [2.24, 2.45) is 23.0 Å². The number of nitrogens with two attached hydrogens (primary N) is 1. The molecule has 1 fully saturated rings. The van der Waals surface area contributed by atoms with E-state index in [9.17, 15) is 14.4 Å². The SMILES string of the molecule is C=C(CC(C(=O)Nc1ccc(CC(C)(C)C)cc1)C(C)C)[C@@H]1CCCN1C(=O)[C@H](C)NC(=O)[C@@H](C)N. The maximum Gasteiger partial charge on any atom is 0.245 e. The number of nitrogens with one attached hydrogen (secondary N) is 2. The number of hydrogen-bond acceptors (Lipinski definition) is 4. The van der Waals surface area contributed by atoms with Crippen molar-refractivity contribution in [3.05, 3.63) is 42.0 Å². The van der Waals surface area contributed by atoms with Gasteiger partial charge in [0, 0.05) is 18.2 Å². The lowest BCUT2D eigenvalue weighted by Crippen LogP contribution is -2.52. The van der Waals surface area contributed by atoms with Crippen LogP contribution >= 0.6 is 0 Å². The van der Waals surface area contributed by atoms with Gasteiger partial charge in [-0.05, 0) is 68.6 Å². The Hall–Kier alpha value is -2.67. The van der Waals surface area contributed by atoms with Gasteiger partial charge in [0.05, 0.1) is 12.1 Å². The lowest BCUT2D eigenvalue weighted by atomic mass is 9.85. The Morgan fingerprint density at radius 2 is 1.69 bits per heavy atom. The van der Waals surface area contributed by atoms with Crippen molar-refractivity contribution in [1.82, 2.24) is 10.2 Å². The third kappa shape index (κ3) is 8.47. The van der Waals surface area contributed by atoms with Crippen LogP contribution in [0.3, 0.4) is 0 Å². The maximum atomic E-state index is 13.2. The van der Waals surface area contributed by atoms with Gasteiger partial charge >= 0.3 is 0 Å². The molecular weight excluding hydrogens is 452 g/mol. The Balaban J connectivity index is 2.04. The molecule has 0 aliphatic carbocycles. The number of carbonyl (C=O) groups is 3. The first-order chi connectivity index (χ1) is 16.7. The van der Waals surface area contributed by atoms with E-state index in [4.69, 9.17) is 5.73 Å². The first-order valence-electron chi connectivity index (χ1n) is 13.1. The third-order valence-corrected chi connectivity index (χ3v) is 6.73. The molecule has 0 saturated carbocycles. The average Bonchev–Trinajstić information content (AvgIpc) is 3.26. The highest BCUT2D eigenvalue weighted by Crippen LogP contribution is 2.31. The van der Waals surface area contributed by atoms with Crippen LogP contribution in [0.15, 0.2) is 36.4 Å². The summed E-state index contributed by atoms with van der Waals surface area (Å²) in [5.41, 5.74) is 8.73. The van der Waals surface area contributed by atoms with Crippen molar-refractivity contribution in [3.63, 3.8) is 0 Å². The summed E-state index contributed by atoms with van der Waals surface area (Å²) in [6, 6.07) is 6.57. The zero-order chi connectivity index (χ0) is 27.2. The van der Waals surface area contributed by atoms with Gasteiger partial charge in [-0.2, -0.15) is 0 Å². The Kier molecular flexibility index (Phi) is 10.3. The van der Waals surface area contributed by atoms with E-state index in [0.29, 0.717) is 13.0 Å². The number of nitrogens with zero attached hydrogens (tertiary/aromatic N) is 1. The van der Waals surface area contributed by atoms with E-state index in [2.05, 4.69) is 50.1 Å². The molecule has 36 heavy (non-hydrogen) atoms. The molecule has 1 unspecified atom stereocenters. The second-order valence-electron chi connectivity index (χ2n) is 11.8. The molecule has 0 bridgehead atoms. The zero-order valence-corrected chi connectivity index (χ0v) is 23.2. The summed E-state index contributed by atoms with van der Waals surface area (Å²) in [5.74, 6) is -0.693. The molecule has 7 nitrogen and oxygen atoms in total. The Bertz CT molecular complexity index is 931. The number of benzene rings is 1. The van der Waals surface area contributed by atoms with Gasteiger partial charge < -0.3 is 21.3 Å². The van der Waals surface area contributed by atoms with E-state index in [1.807, 2.05) is 26.0 Å². The molecule has 1 aromatic rings. The van der Waals surface area contributed by atoms with Gasteiger partial charge in [-0.3, -0.25) is 14.4 Å². The third-order valence-electron chi connectivity index (χ3n) is 6.73. The van der Waals surface area contributed by atoms with Crippen LogP contribution in [-0.2, 0) is 20.8 Å². The van der Waals surface area contributed by atoms with Crippen molar-refractivity contribution in [2.75, 3.05) is 11.9 Å². The molecule has 1 heterocycles. The minimum absolute atomic E-state index is 0.0387. The van der Waals surface area contributed by atoms with Crippen molar-refractivity contribution in [2.45, 2.75) is 92.3 Å². The monoisotopic (exact) mass is 498 g/mol. The van der Waals surface area contributed by atoms with E-state index >= 15 is 0 Å². The van der Waals surface area contributed by atoms with E-state index in [1.54, 1.807) is 18.7 Å². The van der Waals surface area contributed by atoms with Gasteiger partial charge in [-0.1, -0.05) is 58.9 Å². The van der Waals surface area contributed by atoms with Crippen LogP contribution in [-0.4, -0.2) is 47.3 Å². The molecule has 7 heteroatoms. The molecule has 0 aromatic heterocycles. The Morgan fingerprint density at radius 1 is 1.08 bits per heavy atom. The molecule has 1 aliphatic rings. The smallest absolute Gasteiger partial charge is 0.245 e. The molecule has 1 saturated heterocycles. The van der Waals surface area contributed by atoms with E-state index in [1.165, 1.54) is 5.56 Å². The van der Waals surface area contributed by atoms with Crippen molar-refractivity contribution >= 4 is 23.4 Å². The predicted octanol–water partition coefficient (Wildman–Crippen LogP) is 4.28. The van der Waals surface area contributed by atoms with Crippen LogP contribution in [0, 0.1) is 17.3 Å². The molecule has 4 atom stereocenters. The van der Waals surface area contributed by atoms with Crippen LogP contribution in [0.2, 0.25) is 0 Å². The molecular formula is C29H46N4O3. The minimum atomic E-state index is -0.676. The Morgan fingerprint density at radius 3 is 2.22 bits per heavy atom. The number of hydrogen-bond donors (Lipinski definition) is 3. The highest BCUT2D eigenvalue weighted by Gasteiger charge is 2.35. The van der Waals surface area contributed by atoms with Gasteiger partial charge in [-0.25, -0.2) is 0 Å². The fraction of sp³-hybridized carbons (Fsp3) is 0.621.